The van der Waals surface area contributed by atoms with Gasteiger partial charge in [-0.2, -0.15) is 23.1 Å². The summed E-state index contributed by atoms with van der Waals surface area (Å²) in [4.78, 5) is 12.9. The van der Waals surface area contributed by atoms with Crippen molar-refractivity contribution in [2.75, 3.05) is 55.6 Å². The molecule has 14 heteroatoms. The maximum atomic E-state index is 14.8. The summed E-state index contributed by atoms with van der Waals surface area (Å²) in [6, 6.07) is 7.68. The number of aromatic nitrogens is 2. The summed E-state index contributed by atoms with van der Waals surface area (Å²) in [6.45, 7) is 0.167. The van der Waals surface area contributed by atoms with Crippen LogP contribution in [0.3, 0.4) is 0 Å². The molecular formula is C24H30ClFN6O5S. The number of hydrogen-bond donors (Lipinski definition) is 2. The number of nitrogens with one attached hydrogen (secondary N) is 1. The van der Waals surface area contributed by atoms with Crippen LogP contribution < -0.4 is 15.2 Å². The number of alkyl halides is 1. The molecule has 1 atom stereocenters. The second kappa shape index (κ2) is 12.0. The summed E-state index contributed by atoms with van der Waals surface area (Å²) >= 11 is 6.30. The van der Waals surface area contributed by atoms with Gasteiger partial charge in [-0.15, -0.1) is 0 Å². The lowest BCUT2D eigenvalue weighted by Gasteiger charge is -2.35. The van der Waals surface area contributed by atoms with Gasteiger partial charge in [0.15, 0.2) is 5.67 Å². The van der Waals surface area contributed by atoms with Gasteiger partial charge in [0.25, 0.3) is 5.56 Å². The first-order valence-corrected chi connectivity index (χ1v) is 14.1. The average molecular weight is 569 g/mol. The second-order valence-electron chi connectivity index (χ2n) is 9.37. The fourth-order valence-corrected chi connectivity index (χ4v) is 6.52. The van der Waals surface area contributed by atoms with Gasteiger partial charge < -0.3 is 15.2 Å². The number of halogens is 2. The van der Waals surface area contributed by atoms with Gasteiger partial charge in [-0.1, -0.05) is 11.6 Å². The highest BCUT2D eigenvalue weighted by Gasteiger charge is 2.35. The highest BCUT2D eigenvalue weighted by atomic mass is 35.5. The summed E-state index contributed by atoms with van der Waals surface area (Å²) in [5, 5.41) is 25.5. The number of aliphatic hydroxyl groups excluding tert-OH is 1. The predicted octanol–water partition coefficient (Wildman–Crippen LogP) is 2.08. The molecule has 0 aliphatic carbocycles. The van der Waals surface area contributed by atoms with E-state index in [0.29, 0.717) is 43.5 Å². The Morgan fingerprint density at radius 2 is 2.03 bits per heavy atom. The molecule has 2 aliphatic rings. The first-order valence-electron chi connectivity index (χ1n) is 12.4. The van der Waals surface area contributed by atoms with Crippen molar-refractivity contribution in [2.24, 2.45) is 0 Å². The van der Waals surface area contributed by atoms with E-state index in [-0.39, 0.29) is 56.1 Å². The Morgan fingerprint density at radius 3 is 2.63 bits per heavy atom. The molecule has 206 valence electrons. The minimum absolute atomic E-state index is 0.0233. The van der Waals surface area contributed by atoms with Crippen molar-refractivity contribution < 1.29 is 22.7 Å². The maximum Gasteiger partial charge on any atom is 0.304 e. The highest BCUT2D eigenvalue weighted by molar-refractivity contribution is 7.90. The van der Waals surface area contributed by atoms with Gasteiger partial charge in [0.2, 0.25) is 0 Å². The standard InChI is InChI=1S/C24H30ClFN6O5S/c25-22-21(28-16-24(26)8-1-13-37-17-24)15-29-32(23(22)34)20-6-9-30(10-7-20)38(35,36)31(11-12-33)19-4-2-18(14-27)3-5-19/h2-5,15,20,28,33H,1,6-13,16-17H2. The van der Waals surface area contributed by atoms with Crippen LogP contribution in [0.1, 0.15) is 37.3 Å². The van der Waals surface area contributed by atoms with E-state index in [1.54, 1.807) is 0 Å². The highest BCUT2D eigenvalue weighted by Crippen LogP contribution is 2.29. The summed E-state index contributed by atoms with van der Waals surface area (Å²) in [6.07, 6.45) is 2.99. The first kappa shape index (κ1) is 28.3. The number of hydrogen-bond acceptors (Lipinski definition) is 8. The summed E-state index contributed by atoms with van der Waals surface area (Å²) in [5.74, 6) is 0. The smallest absolute Gasteiger partial charge is 0.304 e. The maximum absolute atomic E-state index is 14.8. The van der Waals surface area contributed by atoms with Crippen molar-refractivity contribution in [1.82, 2.24) is 14.1 Å². The molecule has 0 amide bonds. The molecule has 2 N–H and O–H groups in total. The van der Waals surface area contributed by atoms with Gasteiger partial charge >= 0.3 is 10.2 Å². The Bertz CT molecular complexity index is 1320. The molecule has 1 aromatic heterocycles. The fraction of sp³-hybridized carbons (Fsp3) is 0.542. The molecule has 0 saturated carbocycles. The van der Waals surface area contributed by atoms with Crippen LogP contribution in [0.4, 0.5) is 15.8 Å². The SMILES string of the molecule is N#Cc1ccc(N(CCO)S(=O)(=O)N2CCC(n3ncc(NCC4(F)CCCOC4)c(Cl)c3=O)CC2)cc1. The lowest BCUT2D eigenvalue weighted by Crippen LogP contribution is -2.49. The van der Waals surface area contributed by atoms with Gasteiger partial charge in [-0.05, 0) is 49.9 Å². The molecule has 2 aliphatic heterocycles. The van der Waals surface area contributed by atoms with Crippen molar-refractivity contribution in [3.63, 3.8) is 0 Å². The third kappa shape index (κ3) is 6.10. The molecule has 0 radical (unpaired) electrons. The molecular weight excluding hydrogens is 539 g/mol. The van der Waals surface area contributed by atoms with Gasteiger partial charge in [0.1, 0.15) is 5.02 Å². The largest absolute Gasteiger partial charge is 0.394 e. The number of rotatable bonds is 9. The summed E-state index contributed by atoms with van der Waals surface area (Å²) in [7, 11) is -3.98. The molecule has 1 aromatic carbocycles. The molecule has 38 heavy (non-hydrogen) atoms. The third-order valence-electron chi connectivity index (χ3n) is 6.78. The van der Waals surface area contributed by atoms with E-state index in [0.717, 1.165) is 4.31 Å². The van der Waals surface area contributed by atoms with Crippen LogP contribution in [0, 0.1) is 11.3 Å². The van der Waals surface area contributed by atoms with Crippen molar-refractivity contribution in [1.29, 1.82) is 5.26 Å². The normalized spacial score (nSPS) is 21.1. The van der Waals surface area contributed by atoms with E-state index in [2.05, 4.69) is 10.4 Å². The molecule has 0 bridgehead atoms. The van der Waals surface area contributed by atoms with Crippen molar-refractivity contribution >= 4 is 33.2 Å². The van der Waals surface area contributed by atoms with Gasteiger partial charge in [0, 0.05) is 19.7 Å². The minimum Gasteiger partial charge on any atom is -0.394 e. The van der Waals surface area contributed by atoms with Crippen molar-refractivity contribution in [3.8, 4) is 6.07 Å². The Labute approximate surface area is 225 Å². The van der Waals surface area contributed by atoms with Gasteiger partial charge in [-0.25, -0.2) is 9.07 Å². The molecule has 1 unspecified atom stereocenters. The Balaban J connectivity index is 1.43. The van der Waals surface area contributed by atoms with E-state index in [1.165, 1.54) is 39.4 Å². The summed E-state index contributed by atoms with van der Waals surface area (Å²) in [5.41, 5.74) is -1.12. The molecule has 2 saturated heterocycles. The first-order chi connectivity index (χ1) is 18.2. The zero-order valence-electron chi connectivity index (χ0n) is 20.7. The van der Waals surface area contributed by atoms with E-state index >= 15 is 0 Å². The molecule has 0 spiro atoms. The van der Waals surface area contributed by atoms with Crippen molar-refractivity contribution in [2.45, 2.75) is 37.4 Å². The van der Waals surface area contributed by atoms with Crippen LogP contribution in [0.2, 0.25) is 5.02 Å². The molecule has 4 rings (SSSR count). The zero-order valence-corrected chi connectivity index (χ0v) is 22.3. The Kier molecular flexibility index (Phi) is 8.89. The van der Waals surface area contributed by atoms with E-state index < -0.39 is 21.4 Å². The van der Waals surface area contributed by atoms with Crippen LogP contribution >= 0.6 is 11.6 Å². The number of nitriles is 1. The number of anilines is 2. The third-order valence-corrected chi connectivity index (χ3v) is 9.11. The van der Waals surface area contributed by atoms with Crippen LogP contribution in [-0.4, -0.2) is 79.3 Å². The number of nitrogens with zero attached hydrogens (tertiary/aromatic N) is 5. The Morgan fingerprint density at radius 1 is 1.32 bits per heavy atom. The molecule has 2 aromatic rings. The van der Waals surface area contributed by atoms with Crippen LogP contribution in [-0.2, 0) is 14.9 Å². The number of ether oxygens (including phenoxy) is 1. The lowest BCUT2D eigenvalue weighted by atomic mass is 9.99. The predicted molar refractivity (Wildman–Crippen MR) is 140 cm³/mol. The van der Waals surface area contributed by atoms with Crippen molar-refractivity contribution in [3.05, 3.63) is 51.4 Å². The summed E-state index contributed by atoms with van der Waals surface area (Å²) < 4.78 is 50.5. The molecule has 11 nitrogen and oxygen atoms in total. The molecule has 3 heterocycles. The zero-order chi connectivity index (χ0) is 27.3. The van der Waals surface area contributed by atoms with Gasteiger partial charge in [-0.3, -0.25) is 9.10 Å². The van der Waals surface area contributed by atoms with Crippen LogP contribution in [0.5, 0.6) is 0 Å². The Hall–Kier alpha value is -2.76. The lowest BCUT2D eigenvalue weighted by molar-refractivity contribution is -0.0234. The quantitative estimate of drug-likeness (QED) is 0.468. The van der Waals surface area contributed by atoms with E-state index in [4.69, 9.17) is 21.6 Å². The number of benzene rings is 1. The average Bonchev–Trinajstić information content (AvgIpc) is 2.93. The molecule has 2 fully saturated rings. The van der Waals surface area contributed by atoms with Crippen LogP contribution in [0.25, 0.3) is 0 Å². The van der Waals surface area contributed by atoms with E-state index in [1.807, 2.05) is 6.07 Å². The second-order valence-corrected chi connectivity index (χ2v) is 11.6. The number of piperidine rings is 1. The minimum atomic E-state index is -3.98. The van der Waals surface area contributed by atoms with Crippen LogP contribution in [0.15, 0.2) is 35.3 Å². The number of aliphatic hydroxyl groups is 1. The monoisotopic (exact) mass is 568 g/mol. The fourth-order valence-electron chi connectivity index (χ4n) is 4.67. The van der Waals surface area contributed by atoms with Gasteiger partial charge in [0.05, 0.1) is 61.5 Å². The topological polar surface area (TPSA) is 141 Å². The van der Waals surface area contributed by atoms with E-state index in [9.17, 15) is 22.7 Å².